The van der Waals surface area contributed by atoms with Gasteiger partial charge in [0.15, 0.2) is 0 Å². The zero-order chi connectivity index (χ0) is 12.4. The second kappa shape index (κ2) is 5.19. The average molecular weight is 246 g/mol. The van der Waals surface area contributed by atoms with Crippen molar-refractivity contribution in [3.8, 4) is 5.75 Å². The van der Waals surface area contributed by atoms with Crippen LogP contribution >= 0.6 is 0 Å². The molecule has 3 rings (SSSR count). The van der Waals surface area contributed by atoms with Gasteiger partial charge in [-0.1, -0.05) is 0 Å². The fraction of sp³-hybridized carbons (Fsp3) is 0.600. The predicted molar refractivity (Wildman–Crippen MR) is 74.3 cm³/mol. The summed E-state index contributed by atoms with van der Waals surface area (Å²) in [5.74, 6) is 1.89. The summed E-state index contributed by atoms with van der Waals surface area (Å²) >= 11 is 0. The van der Waals surface area contributed by atoms with Gasteiger partial charge in [0.1, 0.15) is 5.75 Å². The first kappa shape index (κ1) is 11.8. The molecular weight excluding hydrogens is 224 g/mol. The molecule has 1 heterocycles. The molecule has 1 aromatic carbocycles. The third kappa shape index (κ3) is 2.61. The van der Waals surface area contributed by atoms with Gasteiger partial charge in [-0.25, -0.2) is 0 Å². The van der Waals surface area contributed by atoms with E-state index in [-0.39, 0.29) is 0 Å². The van der Waals surface area contributed by atoms with Crippen LogP contribution in [0, 0.1) is 5.92 Å². The second-order valence-electron chi connectivity index (χ2n) is 5.27. The van der Waals surface area contributed by atoms with Gasteiger partial charge in [-0.15, -0.1) is 0 Å². The van der Waals surface area contributed by atoms with Crippen molar-refractivity contribution in [3.05, 3.63) is 24.3 Å². The van der Waals surface area contributed by atoms with Gasteiger partial charge in [-0.05, 0) is 49.9 Å². The highest BCUT2D eigenvalue weighted by Gasteiger charge is 2.33. The molecule has 0 amide bonds. The van der Waals surface area contributed by atoms with Crippen LogP contribution in [0.15, 0.2) is 24.3 Å². The Labute approximate surface area is 109 Å². The molecule has 1 saturated heterocycles. The van der Waals surface area contributed by atoms with Crippen LogP contribution in [0.1, 0.15) is 19.8 Å². The molecule has 3 nitrogen and oxygen atoms in total. The molecular formula is C15H22N2O. The highest BCUT2D eigenvalue weighted by atomic mass is 16.5. The second-order valence-corrected chi connectivity index (χ2v) is 5.27. The van der Waals surface area contributed by atoms with E-state index in [2.05, 4.69) is 34.5 Å². The van der Waals surface area contributed by atoms with Gasteiger partial charge in [0.25, 0.3) is 0 Å². The van der Waals surface area contributed by atoms with Crippen LogP contribution in [-0.4, -0.2) is 32.3 Å². The maximum Gasteiger partial charge on any atom is 0.119 e. The normalized spacial score (nSPS) is 24.1. The maximum absolute atomic E-state index is 5.49. The number of hydrogen-bond donors (Lipinski definition) is 1. The molecule has 2 aliphatic rings. The number of benzene rings is 1. The van der Waals surface area contributed by atoms with E-state index >= 15 is 0 Å². The van der Waals surface area contributed by atoms with Gasteiger partial charge in [-0.2, -0.15) is 0 Å². The monoisotopic (exact) mass is 246 g/mol. The average Bonchev–Trinajstić information content (AvgIpc) is 3.25. The van der Waals surface area contributed by atoms with Crippen molar-refractivity contribution in [2.75, 3.05) is 31.1 Å². The number of nitrogens with one attached hydrogen (secondary N) is 1. The molecule has 1 atom stereocenters. The molecule has 98 valence electrons. The largest absolute Gasteiger partial charge is 0.494 e. The fourth-order valence-corrected chi connectivity index (χ4v) is 2.75. The van der Waals surface area contributed by atoms with E-state index in [1.807, 2.05) is 6.92 Å². The first-order valence-corrected chi connectivity index (χ1v) is 7.08. The Balaban J connectivity index is 1.65. The van der Waals surface area contributed by atoms with Crippen molar-refractivity contribution < 1.29 is 4.74 Å². The third-order valence-corrected chi connectivity index (χ3v) is 3.91. The Morgan fingerprint density at radius 1 is 1.28 bits per heavy atom. The summed E-state index contributed by atoms with van der Waals surface area (Å²) in [5, 5.41) is 3.65. The molecule has 2 fully saturated rings. The van der Waals surface area contributed by atoms with E-state index in [4.69, 9.17) is 4.74 Å². The summed E-state index contributed by atoms with van der Waals surface area (Å²) in [7, 11) is 0. The molecule has 18 heavy (non-hydrogen) atoms. The Kier molecular flexibility index (Phi) is 3.41. The first-order valence-electron chi connectivity index (χ1n) is 7.08. The van der Waals surface area contributed by atoms with Crippen LogP contribution in [-0.2, 0) is 0 Å². The third-order valence-electron chi connectivity index (χ3n) is 3.91. The van der Waals surface area contributed by atoms with Crippen LogP contribution < -0.4 is 15.0 Å². The fourth-order valence-electron chi connectivity index (χ4n) is 2.75. The minimum atomic E-state index is 0.699. The molecule has 0 bridgehead atoms. The van der Waals surface area contributed by atoms with E-state index in [1.54, 1.807) is 0 Å². The van der Waals surface area contributed by atoms with Crippen LogP contribution in [0.2, 0.25) is 0 Å². The lowest BCUT2D eigenvalue weighted by Gasteiger charge is -2.35. The van der Waals surface area contributed by atoms with Crippen LogP contribution in [0.4, 0.5) is 5.69 Å². The van der Waals surface area contributed by atoms with Gasteiger partial charge < -0.3 is 15.0 Å². The molecule has 3 heteroatoms. The highest BCUT2D eigenvalue weighted by molar-refractivity contribution is 5.49. The van der Waals surface area contributed by atoms with E-state index in [1.165, 1.54) is 18.5 Å². The number of piperazine rings is 1. The summed E-state index contributed by atoms with van der Waals surface area (Å²) in [6, 6.07) is 9.21. The van der Waals surface area contributed by atoms with E-state index in [9.17, 15) is 0 Å². The zero-order valence-electron chi connectivity index (χ0n) is 11.1. The van der Waals surface area contributed by atoms with Gasteiger partial charge in [-0.3, -0.25) is 0 Å². The van der Waals surface area contributed by atoms with Crippen molar-refractivity contribution in [2.24, 2.45) is 5.92 Å². The van der Waals surface area contributed by atoms with Crippen molar-refractivity contribution in [1.82, 2.24) is 5.32 Å². The molecule has 0 spiro atoms. The summed E-state index contributed by atoms with van der Waals surface area (Å²) in [5.41, 5.74) is 1.32. The minimum Gasteiger partial charge on any atom is -0.494 e. The maximum atomic E-state index is 5.49. The summed E-state index contributed by atoms with van der Waals surface area (Å²) < 4.78 is 5.49. The Hall–Kier alpha value is -1.22. The molecule has 0 aromatic heterocycles. The summed E-state index contributed by atoms with van der Waals surface area (Å²) in [6.07, 6.45) is 2.82. The topological polar surface area (TPSA) is 24.5 Å². The summed E-state index contributed by atoms with van der Waals surface area (Å²) in [6.45, 7) is 6.12. The van der Waals surface area contributed by atoms with Crippen LogP contribution in [0.25, 0.3) is 0 Å². The number of hydrogen-bond acceptors (Lipinski definition) is 3. The molecule has 1 N–H and O–H groups in total. The quantitative estimate of drug-likeness (QED) is 0.882. The van der Waals surface area contributed by atoms with E-state index in [0.717, 1.165) is 37.9 Å². The molecule has 0 radical (unpaired) electrons. The molecule has 1 aliphatic heterocycles. The zero-order valence-corrected chi connectivity index (χ0v) is 11.1. The lowest BCUT2D eigenvalue weighted by atomic mass is 10.1. The summed E-state index contributed by atoms with van der Waals surface area (Å²) in [4.78, 5) is 2.50. The van der Waals surface area contributed by atoms with Crippen LogP contribution in [0.3, 0.4) is 0 Å². The lowest BCUT2D eigenvalue weighted by molar-refractivity contribution is 0.340. The Morgan fingerprint density at radius 3 is 2.72 bits per heavy atom. The minimum absolute atomic E-state index is 0.699. The van der Waals surface area contributed by atoms with Crippen LogP contribution in [0.5, 0.6) is 5.75 Å². The van der Waals surface area contributed by atoms with Gasteiger partial charge in [0.05, 0.1) is 6.61 Å². The van der Waals surface area contributed by atoms with Gasteiger partial charge in [0.2, 0.25) is 0 Å². The predicted octanol–water partition coefficient (Wildman–Crippen LogP) is 2.27. The number of nitrogens with zero attached hydrogens (tertiary/aromatic N) is 1. The number of rotatable bonds is 4. The van der Waals surface area contributed by atoms with Gasteiger partial charge in [0, 0.05) is 31.4 Å². The molecule has 1 unspecified atom stereocenters. The highest BCUT2D eigenvalue weighted by Crippen LogP contribution is 2.34. The lowest BCUT2D eigenvalue weighted by Crippen LogP contribution is -2.51. The van der Waals surface area contributed by atoms with Gasteiger partial charge >= 0.3 is 0 Å². The number of anilines is 1. The standard InChI is InChI=1S/C15H22N2O/c1-2-18-14-7-5-13(6-8-14)17-10-9-16-15(11-17)12-3-4-12/h5-8,12,15-16H,2-4,9-11H2,1H3. The molecule has 1 saturated carbocycles. The molecule has 1 aromatic rings. The van der Waals surface area contributed by atoms with Crippen molar-refractivity contribution in [2.45, 2.75) is 25.8 Å². The van der Waals surface area contributed by atoms with Crippen molar-refractivity contribution >= 4 is 5.69 Å². The Morgan fingerprint density at radius 2 is 2.06 bits per heavy atom. The molecule has 1 aliphatic carbocycles. The SMILES string of the molecule is CCOc1ccc(N2CCNC(C3CC3)C2)cc1. The first-order chi connectivity index (χ1) is 8.86. The Bertz CT molecular complexity index is 386. The van der Waals surface area contributed by atoms with Crippen molar-refractivity contribution in [3.63, 3.8) is 0 Å². The van der Waals surface area contributed by atoms with E-state index in [0.29, 0.717) is 6.04 Å². The van der Waals surface area contributed by atoms with Crippen molar-refractivity contribution in [1.29, 1.82) is 0 Å². The smallest absolute Gasteiger partial charge is 0.119 e. The van der Waals surface area contributed by atoms with E-state index < -0.39 is 0 Å². The number of ether oxygens (including phenoxy) is 1.